The maximum absolute atomic E-state index is 14.6. The summed E-state index contributed by atoms with van der Waals surface area (Å²) < 4.78 is 65.2. The molecule has 1 aromatic heterocycles. The average Bonchev–Trinajstić information content (AvgIpc) is 3.01. The fraction of sp³-hybridized carbons (Fsp3) is 0.556. The van der Waals surface area contributed by atoms with E-state index in [1.807, 2.05) is 20.8 Å². The second kappa shape index (κ2) is 18.6. The lowest BCUT2D eigenvalue weighted by molar-refractivity contribution is -0.189. The van der Waals surface area contributed by atoms with E-state index in [2.05, 4.69) is 5.32 Å². The number of carbonyl (C=O) groups is 5. The Balaban J connectivity index is 2.88. The zero-order valence-electron chi connectivity index (χ0n) is 32.0. The molecule has 1 atom stereocenters. The molecule has 299 valence electrons. The number of esters is 3. The van der Waals surface area contributed by atoms with Gasteiger partial charge in [-0.1, -0.05) is 65.0 Å². The molecule has 1 radical (unpaired) electrons. The van der Waals surface area contributed by atoms with E-state index in [1.165, 1.54) is 26.0 Å². The Hall–Kier alpha value is -4.71. The summed E-state index contributed by atoms with van der Waals surface area (Å²) in [5, 5.41) is 2.46. The molecule has 1 heterocycles. The number of anilines is 1. The number of carbonyl (C=O) groups excluding carboxylic acids is 5. The lowest BCUT2D eigenvalue weighted by atomic mass is 9.95. The molecule has 0 aliphatic carbocycles. The van der Waals surface area contributed by atoms with Crippen molar-refractivity contribution in [2.75, 3.05) is 24.7 Å². The van der Waals surface area contributed by atoms with E-state index in [4.69, 9.17) is 24.4 Å². The van der Waals surface area contributed by atoms with Crippen LogP contribution in [0.2, 0.25) is 12.6 Å². The van der Waals surface area contributed by atoms with Gasteiger partial charge in [-0.2, -0.15) is 13.2 Å². The first-order valence-corrected chi connectivity index (χ1v) is 19.1. The van der Waals surface area contributed by atoms with Gasteiger partial charge in [-0.25, -0.2) is 4.79 Å². The van der Waals surface area contributed by atoms with Gasteiger partial charge in [0.1, 0.15) is 37.8 Å². The molecule has 1 unspecified atom stereocenters. The van der Waals surface area contributed by atoms with E-state index in [9.17, 15) is 41.9 Å². The van der Waals surface area contributed by atoms with E-state index < -0.39 is 106 Å². The summed E-state index contributed by atoms with van der Waals surface area (Å²) in [4.78, 5) is 78.4. The van der Waals surface area contributed by atoms with Crippen LogP contribution < -0.4 is 21.5 Å². The highest BCUT2D eigenvalue weighted by Crippen LogP contribution is 2.36. The van der Waals surface area contributed by atoms with Crippen LogP contribution in [-0.4, -0.2) is 80.7 Å². The summed E-state index contributed by atoms with van der Waals surface area (Å²) >= 11 is 0. The van der Waals surface area contributed by atoms with Gasteiger partial charge in [-0.05, 0) is 35.7 Å². The number of hydrogen-bond acceptors (Lipinski definition) is 10. The molecular formula is C36H50F3N4O10Si. The molecular weight excluding hydrogens is 733 g/mol. The molecule has 0 aliphatic rings. The normalized spacial score (nSPS) is 13.2. The minimum atomic E-state index is -4.76. The number of aromatic nitrogens is 1. The number of nitrogens with zero attached hydrogens (tertiary/aromatic N) is 2. The van der Waals surface area contributed by atoms with Gasteiger partial charge in [0.25, 0.3) is 5.56 Å². The largest absolute Gasteiger partial charge is 0.463 e. The van der Waals surface area contributed by atoms with Crippen LogP contribution in [0.3, 0.4) is 0 Å². The minimum Gasteiger partial charge on any atom is -0.463 e. The quantitative estimate of drug-likeness (QED) is 0.0965. The van der Waals surface area contributed by atoms with Gasteiger partial charge in [-0.3, -0.25) is 33.4 Å². The maximum atomic E-state index is 14.6. The Morgan fingerprint density at radius 2 is 1.37 bits per heavy atom. The molecule has 0 spiro atoms. The zero-order chi connectivity index (χ0) is 41.2. The Labute approximate surface area is 314 Å². The second-order valence-corrected chi connectivity index (χ2v) is 16.5. The van der Waals surface area contributed by atoms with Gasteiger partial charge in [0.05, 0.1) is 12.1 Å². The number of alkyl halides is 3. The Kier molecular flexibility index (Phi) is 15.6. The van der Waals surface area contributed by atoms with Gasteiger partial charge in [-0.15, -0.1) is 0 Å². The number of amides is 3. The summed E-state index contributed by atoms with van der Waals surface area (Å²) in [7, 11) is -1.92. The van der Waals surface area contributed by atoms with Crippen LogP contribution in [-0.2, 0) is 44.4 Å². The van der Waals surface area contributed by atoms with E-state index in [-0.39, 0.29) is 11.1 Å². The smallest absolute Gasteiger partial charge is 0.393 e. The van der Waals surface area contributed by atoms with Crippen LogP contribution in [0.5, 0.6) is 0 Å². The van der Waals surface area contributed by atoms with E-state index in [1.54, 1.807) is 36.9 Å². The third kappa shape index (κ3) is 13.3. The highest BCUT2D eigenvalue weighted by atomic mass is 28.3. The molecule has 18 heteroatoms. The standard InChI is InChI=1S/C36H50F3N4O10Si/c1-23(2)35(18-36(37,38)39,53-54(9)22-33(6,7)8)41-30(47)17-42-28(27-13-11-10-12-14-27)15-16-29(31(42)48)43(32(40)49)34(19-50-24(3)44,20-51-25(4)45)21-52-26(5)46/h10-16,23H,17-22H2,1-9H3,(H2,40,49)(H,41,47). The first kappa shape index (κ1) is 45.4. The van der Waals surface area contributed by atoms with Crippen molar-refractivity contribution in [3.8, 4) is 11.3 Å². The number of benzene rings is 1. The number of nitrogens with two attached hydrogens (primary N) is 1. The molecule has 2 rings (SSSR count). The van der Waals surface area contributed by atoms with E-state index in [0.29, 0.717) is 16.5 Å². The fourth-order valence-electron chi connectivity index (χ4n) is 5.77. The number of halogens is 3. The first-order chi connectivity index (χ1) is 24.8. The SMILES string of the molecule is CC(=O)OCC(COC(C)=O)(COC(C)=O)N(C(N)=O)c1ccc(-c2ccccc2)n(CC(=O)NC(CC(F)(F)F)(O[Si](C)CC(C)(C)C)C(C)C)c1=O. The van der Waals surface area contributed by atoms with E-state index >= 15 is 0 Å². The van der Waals surface area contributed by atoms with Gasteiger partial charge in [0.2, 0.25) is 14.9 Å². The highest BCUT2D eigenvalue weighted by Gasteiger charge is 2.49. The number of ether oxygens (including phenoxy) is 3. The van der Waals surface area contributed by atoms with Crippen molar-refractivity contribution in [1.29, 1.82) is 0 Å². The first-order valence-electron chi connectivity index (χ1n) is 17.0. The third-order valence-corrected chi connectivity index (χ3v) is 10.2. The number of urea groups is 1. The fourth-order valence-corrected chi connectivity index (χ4v) is 8.32. The van der Waals surface area contributed by atoms with Gasteiger partial charge in [0, 0.05) is 26.7 Å². The maximum Gasteiger partial charge on any atom is 0.393 e. The van der Waals surface area contributed by atoms with Crippen molar-refractivity contribution in [2.45, 2.75) is 98.4 Å². The third-order valence-electron chi connectivity index (χ3n) is 7.98. The van der Waals surface area contributed by atoms with Crippen molar-refractivity contribution in [2.24, 2.45) is 17.1 Å². The molecule has 3 N–H and O–H groups in total. The van der Waals surface area contributed by atoms with Crippen molar-refractivity contribution >= 4 is 44.6 Å². The average molecular weight is 784 g/mol. The lowest BCUT2D eigenvalue weighted by Crippen LogP contribution is -2.64. The van der Waals surface area contributed by atoms with Crippen molar-refractivity contribution in [3.63, 3.8) is 0 Å². The summed E-state index contributed by atoms with van der Waals surface area (Å²) in [5.41, 5.74) is 0.176. The van der Waals surface area contributed by atoms with Crippen LogP contribution >= 0.6 is 0 Å². The van der Waals surface area contributed by atoms with Crippen LogP contribution in [0.25, 0.3) is 11.3 Å². The zero-order valence-corrected chi connectivity index (χ0v) is 33.0. The van der Waals surface area contributed by atoms with Gasteiger partial charge in [0.15, 0.2) is 5.54 Å². The molecule has 0 bridgehead atoms. The molecule has 0 saturated carbocycles. The predicted octanol–water partition coefficient (Wildman–Crippen LogP) is 4.93. The molecule has 0 fully saturated rings. The molecule has 0 aliphatic heterocycles. The number of rotatable bonds is 17. The topological polar surface area (TPSA) is 186 Å². The molecule has 0 saturated heterocycles. The summed E-state index contributed by atoms with van der Waals surface area (Å²) in [6.07, 6.45) is -6.28. The van der Waals surface area contributed by atoms with Crippen LogP contribution in [0, 0.1) is 11.3 Å². The summed E-state index contributed by atoms with van der Waals surface area (Å²) in [6, 6.07) is 9.89. The van der Waals surface area contributed by atoms with E-state index in [0.717, 1.165) is 25.3 Å². The van der Waals surface area contributed by atoms with Crippen molar-refractivity contribution < 1.29 is 55.8 Å². The molecule has 1 aromatic carbocycles. The molecule has 54 heavy (non-hydrogen) atoms. The van der Waals surface area contributed by atoms with Crippen molar-refractivity contribution in [3.05, 3.63) is 52.8 Å². The number of pyridine rings is 1. The monoisotopic (exact) mass is 783 g/mol. The molecule has 3 amide bonds. The predicted molar refractivity (Wildman–Crippen MR) is 194 cm³/mol. The Bertz CT molecular complexity index is 1670. The van der Waals surface area contributed by atoms with Crippen molar-refractivity contribution in [1.82, 2.24) is 9.88 Å². The van der Waals surface area contributed by atoms with Crippen LogP contribution in [0.1, 0.15) is 61.8 Å². The Morgan fingerprint density at radius 3 is 1.78 bits per heavy atom. The second-order valence-electron chi connectivity index (χ2n) is 14.5. The lowest BCUT2D eigenvalue weighted by Gasteiger charge is -2.42. The summed E-state index contributed by atoms with van der Waals surface area (Å²) in [5.74, 6) is -4.45. The minimum absolute atomic E-state index is 0.120. The summed E-state index contributed by atoms with van der Waals surface area (Å²) in [6.45, 7) is 10.4. The van der Waals surface area contributed by atoms with Crippen LogP contribution in [0.4, 0.5) is 23.7 Å². The van der Waals surface area contributed by atoms with Gasteiger partial charge >= 0.3 is 30.1 Å². The Morgan fingerprint density at radius 1 is 0.870 bits per heavy atom. The van der Waals surface area contributed by atoms with Gasteiger partial charge < -0.3 is 29.7 Å². The molecule has 14 nitrogen and oxygen atoms in total. The molecule has 2 aromatic rings. The number of nitrogens with one attached hydrogen (secondary N) is 1. The number of primary amides is 1. The number of hydrogen-bond donors (Lipinski definition) is 2. The highest BCUT2D eigenvalue weighted by molar-refractivity contribution is 6.50. The van der Waals surface area contributed by atoms with Crippen LogP contribution in [0.15, 0.2) is 47.3 Å².